The van der Waals surface area contributed by atoms with Crippen molar-refractivity contribution in [2.75, 3.05) is 0 Å². The van der Waals surface area contributed by atoms with Crippen LogP contribution < -0.4 is 0 Å². The molecule has 4 nitrogen and oxygen atoms in total. The zero-order valence-corrected chi connectivity index (χ0v) is 18.3. The summed E-state index contributed by atoms with van der Waals surface area (Å²) in [5.41, 5.74) is 3.88. The number of rotatable bonds is 6. The molecule has 0 fully saturated rings. The molecule has 0 unspecified atom stereocenters. The average Bonchev–Trinajstić information content (AvgIpc) is 2.90. The highest BCUT2D eigenvalue weighted by Gasteiger charge is 2.17. The van der Waals surface area contributed by atoms with Crippen molar-refractivity contribution in [2.45, 2.75) is 0 Å². The van der Waals surface area contributed by atoms with Gasteiger partial charge in [0.25, 0.3) is 0 Å². The molecule has 0 saturated carbocycles. The monoisotopic (exact) mass is 446 g/mol. The molecule has 0 N–H and O–H groups in total. The second-order valence-corrected chi connectivity index (χ2v) is 7.40. The molecule has 0 aliphatic carbocycles. The molecule has 0 saturated heterocycles. The molecule has 166 valence electrons. The van der Waals surface area contributed by atoms with E-state index in [1.54, 1.807) is 36.4 Å². The van der Waals surface area contributed by atoms with E-state index in [0.29, 0.717) is 22.3 Å². The fourth-order valence-electron chi connectivity index (χ4n) is 3.32. The van der Waals surface area contributed by atoms with Gasteiger partial charge in [-0.05, 0) is 34.4 Å². The Hall–Kier alpha value is -4.70. The Morgan fingerprint density at radius 1 is 0.441 bits per heavy atom. The Bertz CT molecular complexity index is 1220. The molecular weight excluding hydrogens is 424 g/mol. The maximum absolute atomic E-state index is 12.7. The van der Waals surface area contributed by atoms with Gasteiger partial charge in [0.05, 0.1) is 11.1 Å². The molecule has 0 aromatic heterocycles. The van der Waals surface area contributed by atoms with Crippen LogP contribution in [0.5, 0.6) is 0 Å². The molecule has 0 spiro atoms. The minimum absolute atomic E-state index is 0.291. The molecule has 0 bridgehead atoms. The summed E-state index contributed by atoms with van der Waals surface area (Å²) in [6, 6.07) is 33.4. The number of carbonyl (C=O) groups excluding carboxylic acids is 2. The fourth-order valence-corrected chi connectivity index (χ4v) is 3.32. The van der Waals surface area contributed by atoms with E-state index in [9.17, 15) is 9.59 Å². The van der Waals surface area contributed by atoms with E-state index < -0.39 is 11.9 Å². The summed E-state index contributed by atoms with van der Waals surface area (Å²) in [7, 11) is 0. The van der Waals surface area contributed by atoms with E-state index in [0.717, 1.165) is 11.1 Å². The normalized spacial score (nSPS) is 10.9. The maximum Gasteiger partial charge on any atom is 0.386 e. The summed E-state index contributed by atoms with van der Waals surface area (Å²) in [6.45, 7) is 0. The lowest BCUT2D eigenvalue weighted by atomic mass is 10.1. The van der Waals surface area contributed by atoms with E-state index in [-0.39, 0.29) is 0 Å². The van der Waals surface area contributed by atoms with Crippen molar-refractivity contribution < 1.29 is 19.4 Å². The van der Waals surface area contributed by atoms with Gasteiger partial charge in [-0.15, -0.1) is 0 Å². The van der Waals surface area contributed by atoms with Crippen molar-refractivity contribution in [1.29, 1.82) is 0 Å². The lowest BCUT2D eigenvalue weighted by Crippen LogP contribution is -2.13. The van der Waals surface area contributed by atoms with Crippen LogP contribution in [-0.2, 0) is 9.78 Å². The standard InChI is InChI=1S/C30H22O4/c31-29(27-17-9-7-15-25(27)21-19-23-11-3-1-4-12-23)33-34-30(32)28-18-10-8-16-26(28)22-20-24-13-5-2-6-14-24/h1-22H/b21-19+,22-20+. The first-order chi connectivity index (χ1) is 16.7. The van der Waals surface area contributed by atoms with Gasteiger partial charge in [0.15, 0.2) is 0 Å². The van der Waals surface area contributed by atoms with Crippen LogP contribution in [0.2, 0.25) is 0 Å². The van der Waals surface area contributed by atoms with E-state index in [4.69, 9.17) is 9.78 Å². The van der Waals surface area contributed by atoms with E-state index in [1.807, 2.05) is 97.1 Å². The molecule has 0 atom stereocenters. The van der Waals surface area contributed by atoms with Crippen LogP contribution in [0.4, 0.5) is 0 Å². The van der Waals surface area contributed by atoms with E-state index >= 15 is 0 Å². The van der Waals surface area contributed by atoms with Gasteiger partial charge in [-0.25, -0.2) is 19.4 Å². The highest BCUT2D eigenvalue weighted by atomic mass is 17.2. The van der Waals surface area contributed by atoms with Crippen LogP contribution in [0.3, 0.4) is 0 Å². The molecule has 0 aliphatic rings. The number of benzene rings is 4. The van der Waals surface area contributed by atoms with Gasteiger partial charge in [0.2, 0.25) is 0 Å². The molecule has 4 aromatic carbocycles. The molecule has 0 amide bonds. The number of hydrogen-bond acceptors (Lipinski definition) is 4. The third-order valence-electron chi connectivity index (χ3n) is 5.06. The topological polar surface area (TPSA) is 52.6 Å². The predicted molar refractivity (Wildman–Crippen MR) is 134 cm³/mol. The highest BCUT2D eigenvalue weighted by molar-refractivity contribution is 5.97. The minimum atomic E-state index is -0.751. The van der Waals surface area contributed by atoms with Crippen molar-refractivity contribution in [3.8, 4) is 0 Å². The maximum atomic E-state index is 12.7. The third kappa shape index (κ3) is 5.96. The summed E-state index contributed by atoms with van der Waals surface area (Å²) >= 11 is 0. The zero-order chi connectivity index (χ0) is 23.6. The summed E-state index contributed by atoms with van der Waals surface area (Å²) in [5.74, 6) is -1.50. The van der Waals surface area contributed by atoms with Gasteiger partial charge in [0.1, 0.15) is 0 Å². The van der Waals surface area contributed by atoms with Crippen LogP contribution in [0.25, 0.3) is 24.3 Å². The number of carbonyl (C=O) groups is 2. The molecule has 0 aliphatic heterocycles. The summed E-state index contributed by atoms with van der Waals surface area (Å²) in [4.78, 5) is 35.1. The molecule has 34 heavy (non-hydrogen) atoms. The van der Waals surface area contributed by atoms with Crippen LogP contribution in [-0.4, -0.2) is 11.9 Å². The van der Waals surface area contributed by atoms with Crippen molar-refractivity contribution in [3.05, 3.63) is 143 Å². The Balaban J connectivity index is 1.45. The quantitative estimate of drug-likeness (QED) is 0.183. The highest BCUT2D eigenvalue weighted by Crippen LogP contribution is 2.17. The van der Waals surface area contributed by atoms with E-state index in [2.05, 4.69) is 0 Å². The molecule has 0 heterocycles. The van der Waals surface area contributed by atoms with Crippen LogP contribution in [0, 0.1) is 0 Å². The first kappa shape index (κ1) is 22.5. The molecule has 0 radical (unpaired) electrons. The van der Waals surface area contributed by atoms with Gasteiger partial charge < -0.3 is 0 Å². The summed E-state index contributed by atoms with van der Waals surface area (Å²) in [5, 5.41) is 0. The van der Waals surface area contributed by atoms with Crippen molar-refractivity contribution in [3.63, 3.8) is 0 Å². The zero-order valence-electron chi connectivity index (χ0n) is 18.3. The predicted octanol–water partition coefficient (Wildman–Crippen LogP) is 6.96. The number of hydrogen-bond donors (Lipinski definition) is 0. The van der Waals surface area contributed by atoms with E-state index in [1.165, 1.54) is 0 Å². The first-order valence-corrected chi connectivity index (χ1v) is 10.8. The van der Waals surface area contributed by atoms with Gasteiger partial charge in [0, 0.05) is 0 Å². The second-order valence-electron chi connectivity index (χ2n) is 7.40. The second kappa shape index (κ2) is 11.2. The van der Waals surface area contributed by atoms with Crippen LogP contribution in [0.15, 0.2) is 109 Å². The minimum Gasteiger partial charge on any atom is -0.241 e. The Morgan fingerprint density at radius 3 is 1.21 bits per heavy atom. The van der Waals surface area contributed by atoms with Crippen molar-refractivity contribution in [2.24, 2.45) is 0 Å². The molecule has 4 heteroatoms. The van der Waals surface area contributed by atoms with Gasteiger partial charge in [-0.3, -0.25) is 0 Å². The fraction of sp³-hybridized carbons (Fsp3) is 0. The SMILES string of the molecule is O=C(OOC(=O)c1ccccc1/C=C/c1ccccc1)c1ccccc1/C=C/c1ccccc1. The lowest BCUT2D eigenvalue weighted by Gasteiger charge is -2.07. The lowest BCUT2D eigenvalue weighted by molar-refractivity contribution is -0.187. The first-order valence-electron chi connectivity index (χ1n) is 10.8. The Morgan fingerprint density at radius 2 is 0.794 bits per heavy atom. The Kier molecular flexibility index (Phi) is 7.44. The summed E-state index contributed by atoms with van der Waals surface area (Å²) in [6.07, 6.45) is 7.43. The smallest absolute Gasteiger partial charge is 0.241 e. The van der Waals surface area contributed by atoms with Crippen molar-refractivity contribution >= 4 is 36.2 Å². The molecule has 4 rings (SSSR count). The van der Waals surface area contributed by atoms with Gasteiger partial charge in [-0.1, -0.05) is 121 Å². The van der Waals surface area contributed by atoms with Crippen molar-refractivity contribution in [1.82, 2.24) is 0 Å². The summed E-state index contributed by atoms with van der Waals surface area (Å²) < 4.78 is 0. The van der Waals surface area contributed by atoms with Crippen LogP contribution in [0.1, 0.15) is 43.0 Å². The molecular formula is C30H22O4. The van der Waals surface area contributed by atoms with Gasteiger partial charge in [-0.2, -0.15) is 0 Å². The molecule has 4 aromatic rings. The average molecular weight is 447 g/mol. The largest absolute Gasteiger partial charge is 0.386 e. The van der Waals surface area contributed by atoms with Crippen LogP contribution >= 0.6 is 0 Å². The third-order valence-corrected chi connectivity index (χ3v) is 5.06. The Labute approximate surface area is 198 Å². The van der Waals surface area contributed by atoms with Gasteiger partial charge >= 0.3 is 11.9 Å².